The van der Waals surface area contributed by atoms with Gasteiger partial charge in [0.2, 0.25) is 0 Å². The Kier molecular flexibility index (Phi) is 6.11. The van der Waals surface area contributed by atoms with Gasteiger partial charge < -0.3 is 5.11 Å². The predicted molar refractivity (Wildman–Crippen MR) is 124 cm³/mol. The van der Waals surface area contributed by atoms with Gasteiger partial charge in [-0.1, -0.05) is 63.3 Å². The van der Waals surface area contributed by atoms with E-state index in [1.807, 2.05) is 18.1 Å². The smallest absolute Gasteiger partial charge is 0.0639 e. The van der Waals surface area contributed by atoms with Gasteiger partial charge in [0.15, 0.2) is 0 Å². The van der Waals surface area contributed by atoms with Gasteiger partial charge >= 0.3 is 0 Å². The molecule has 0 heterocycles. The number of allylic oxidation sites excluding steroid dienone is 3. The van der Waals surface area contributed by atoms with Crippen LogP contribution in [0.15, 0.2) is 22.8 Å². The maximum Gasteiger partial charge on any atom is 0.0639 e. The lowest BCUT2D eigenvalue weighted by Gasteiger charge is -2.57. The van der Waals surface area contributed by atoms with E-state index in [-0.39, 0.29) is 6.61 Å². The summed E-state index contributed by atoms with van der Waals surface area (Å²) < 4.78 is 0. The van der Waals surface area contributed by atoms with E-state index in [1.54, 1.807) is 0 Å². The van der Waals surface area contributed by atoms with E-state index in [9.17, 15) is 5.11 Å². The van der Waals surface area contributed by atoms with Crippen molar-refractivity contribution in [3.05, 3.63) is 22.8 Å². The monoisotopic (exact) mass is 398 g/mol. The van der Waals surface area contributed by atoms with E-state index < -0.39 is 0 Å². The Balaban J connectivity index is 1.54. The van der Waals surface area contributed by atoms with Crippen molar-refractivity contribution in [2.75, 3.05) is 6.61 Å². The van der Waals surface area contributed by atoms with Gasteiger partial charge in [-0.15, -0.1) is 0 Å². The minimum Gasteiger partial charge on any atom is -0.392 e. The summed E-state index contributed by atoms with van der Waals surface area (Å²) in [5.74, 6) is 4.48. The Bertz CT molecular complexity index is 672. The highest BCUT2D eigenvalue weighted by atomic mass is 16.3. The fourth-order valence-electron chi connectivity index (χ4n) is 8.84. The minimum absolute atomic E-state index is 0.214. The van der Waals surface area contributed by atoms with E-state index in [0.29, 0.717) is 10.8 Å². The molecular formula is C28H46O. The summed E-state index contributed by atoms with van der Waals surface area (Å²) in [7, 11) is 0. The van der Waals surface area contributed by atoms with E-state index in [0.717, 1.165) is 41.6 Å². The topological polar surface area (TPSA) is 20.2 Å². The number of hydrogen-bond acceptors (Lipinski definition) is 1. The Morgan fingerprint density at radius 3 is 2.69 bits per heavy atom. The van der Waals surface area contributed by atoms with Crippen molar-refractivity contribution in [2.45, 2.75) is 105 Å². The molecule has 7 atom stereocenters. The van der Waals surface area contributed by atoms with Crippen LogP contribution in [0.5, 0.6) is 0 Å². The third-order valence-electron chi connectivity index (χ3n) is 10.5. The molecule has 3 saturated carbocycles. The molecule has 0 radical (unpaired) electrons. The average molecular weight is 399 g/mol. The predicted octanol–water partition coefficient (Wildman–Crippen LogP) is 7.70. The Labute approximate surface area is 180 Å². The molecule has 164 valence electrons. The van der Waals surface area contributed by atoms with Crippen LogP contribution in [0, 0.1) is 40.4 Å². The van der Waals surface area contributed by atoms with E-state index in [1.165, 1.54) is 64.2 Å². The summed E-state index contributed by atoms with van der Waals surface area (Å²) in [6.07, 6.45) is 17.7. The van der Waals surface area contributed by atoms with Gasteiger partial charge in [-0.05, 0) is 105 Å². The lowest BCUT2D eigenvalue weighted by Crippen LogP contribution is -2.48. The molecule has 0 spiro atoms. The number of aliphatic hydroxyl groups excluding tert-OH is 1. The van der Waals surface area contributed by atoms with E-state index in [4.69, 9.17) is 0 Å². The Morgan fingerprint density at radius 2 is 1.93 bits per heavy atom. The van der Waals surface area contributed by atoms with Gasteiger partial charge in [0.05, 0.1) is 6.61 Å². The van der Waals surface area contributed by atoms with Gasteiger partial charge in [-0.2, -0.15) is 0 Å². The lowest BCUT2D eigenvalue weighted by molar-refractivity contribution is -0.0200. The highest BCUT2D eigenvalue weighted by Gasteiger charge is 2.55. The van der Waals surface area contributed by atoms with Crippen molar-refractivity contribution < 1.29 is 5.11 Å². The number of aliphatic hydroxyl groups is 1. The van der Waals surface area contributed by atoms with Crippen LogP contribution in [0.1, 0.15) is 105 Å². The van der Waals surface area contributed by atoms with Crippen molar-refractivity contribution >= 4 is 0 Å². The first-order valence-corrected chi connectivity index (χ1v) is 12.8. The van der Waals surface area contributed by atoms with Gasteiger partial charge in [0, 0.05) is 0 Å². The van der Waals surface area contributed by atoms with Crippen molar-refractivity contribution in [3.63, 3.8) is 0 Å². The zero-order valence-electron chi connectivity index (χ0n) is 19.9. The summed E-state index contributed by atoms with van der Waals surface area (Å²) in [4.78, 5) is 0. The molecule has 1 N–H and O–H groups in total. The molecule has 3 fully saturated rings. The molecule has 4 aliphatic carbocycles. The third kappa shape index (κ3) is 3.58. The largest absolute Gasteiger partial charge is 0.392 e. The van der Waals surface area contributed by atoms with Crippen LogP contribution in [0.25, 0.3) is 0 Å². The molecule has 4 aliphatic rings. The first kappa shape index (κ1) is 21.7. The normalized spacial score (nSPS) is 43.6. The van der Waals surface area contributed by atoms with Crippen LogP contribution in [0.2, 0.25) is 0 Å². The molecule has 0 aliphatic heterocycles. The second-order valence-electron chi connectivity index (χ2n) is 11.9. The van der Waals surface area contributed by atoms with Gasteiger partial charge in [-0.25, -0.2) is 0 Å². The summed E-state index contributed by atoms with van der Waals surface area (Å²) in [5.41, 5.74) is 6.09. The van der Waals surface area contributed by atoms with Crippen LogP contribution < -0.4 is 0 Å². The van der Waals surface area contributed by atoms with Crippen LogP contribution >= 0.6 is 0 Å². The maximum atomic E-state index is 9.26. The minimum atomic E-state index is 0.214. The molecule has 0 aromatic carbocycles. The first-order chi connectivity index (χ1) is 13.8. The van der Waals surface area contributed by atoms with E-state index >= 15 is 0 Å². The zero-order chi connectivity index (χ0) is 20.8. The molecule has 0 aromatic rings. The highest BCUT2D eigenvalue weighted by Crippen LogP contribution is 2.66. The SMILES string of the molecule is CC(=CCC[C@@H](C)[C@H]1CCC2=C3CCC4[C@H](C)CCC[C@]4(C)[C@H]3CC[C@@]21C)CO. The first-order valence-electron chi connectivity index (χ1n) is 12.8. The molecule has 4 rings (SSSR count). The second-order valence-corrected chi connectivity index (χ2v) is 11.9. The lowest BCUT2D eigenvalue weighted by atomic mass is 9.47. The molecular weight excluding hydrogens is 352 g/mol. The Morgan fingerprint density at radius 1 is 1.14 bits per heavy atom. The standard InChI is InChI=1S/C28H46O/c1-19(18-29)8-6-9-20(2)24-13-14-25-22-11-12-23-21(3)10-7-16-27(23,4)26(22)15-17-28(24,25)5/h8,20-21,23-24,26,29H,6-7,9-18H2,1-5H3/t20-,21-,23?,24-,26+,27+,28-/m1/s1. The van der Waals surface area contributed by atoms with Crippen LogP contribution in [-0.2, 0) is 0 Å². The summed E-state index contributed by atoms with van der Waals surface area (Å²) in [6, 6.07) is 0. The molecule has 0 bridgehead atoms. The Hall–Kier alpha value is -0.560. The number of fused-ring (bicyclic) bond motifs is 4. The fraction of sp³-hybridized carbons (Fsp3) is 0.857. The molecule has 0 amide bonds. The summed E-state index contributed by atoms with van der Waals surface area (Å²) in [5, 5.41) is 9.26. The van der Waals surface area contributed by atoms with Gasteiger partial charge in [0.25, 0.3) is 0 Å². The van der Waals surface area contributed by atoms with Crippen LogP contribution in [0.4, 0.5) is 0 Å². The molecule has 0 saturated heterocycles. The summed E-state index contributed by atoms with van der Waals surface area (Å²) in [6.45, 7) is 12.7. The highest BCUT2D eigenvalue weighted by molar-refractivity contribution is 5.34. The molecule has 29 heavy (non-hydrogen) atoms. The van der Waals surface area contributed by atoms with Crippen LogP contribution in [-0.4, -0.2) is 11.7 Å². The zero-order valence-corrected chi connectivity index (χ0v) is 19.9. The van der Waals surface area contributed by atoms with Crippen LogP contribution in [0.3, 0.4) is 0 Å². The van der Waals surface area contributed by atoms with Gasteiger partial charge in [-0.3, -0.25) is 0 Å². The van der Waals surface area contributed by atoms with Crippen molar-refractivity contribution in [1.82, 2.24) is 0 Å². The number of hydrogen-bond donors (Lipinski definition) is 1. The average Bonchev–Trinajstić information content (AvgIpc) is 3.05. The third-order valence-corrected chi connectivity index (χ3v) is 10.5. The summed E-state index contributed by atoms with van der Waals surface area (Å²) >= 11 is 0. The van der Waals surface area contributed by atoms with Crippen molar-refractivity contribution in [3.8, 4) is 0 Å². The number of rotatable bonds is 5. The molecule has 1 nitrogen and oxygen atoms in total. The molecule has 0 aromatic heterocycles. The second kappa shape index (κ2) is 8.18. The van der Waals surface area contributed by atoms with Crippen molar-refractivity contribution in [2.24, 2.45) is 40.4 Å². The fourth-order valence-corrected chi connectivity index (χ4v) is 8.84. The van der Waals surface area contributed by atoms with Gasteiger partial charge in [0.1, 0.15) is 0 Å². The maximum absolute atomic E-state index is 9.26. The molecule has 1 heteroatoms. The quantitative estimate of drug-likeness (QED) is 0.470. The van der Waals surface area contributed by atoms with E-state index in [2.05, 4.69) is 33.8 Å². The van der Waals surface area contributed by atoms with Crippen molar-refractivity contribution in [1.29, 1.82) is 0 Å². The molecule has 1 unspecified atom stereocenters.